The second kappa shape index (κ2) is 7.70. The summed E-state index contributed by atoms with van der Waals surface area (Å²) in [4.78, 5) is 11.5. The molecule has 0 atom stereocenters. The maximum atomic E-state index is 11.5. The number of benzene rings is 2. The van der Waals surface area contributed by atoms with Crippen molar-refractivity contribution in [3.8, 4) is 5.75 Å². The lowest BCUT2D eigenvalue weighted by molar-refractivity contribution is -0.142. The third kappa shape index (κ3) is 5.12. The van der Waals surface area contributed by atoms with E-state index >= 15 is 0 Å². The average Bonchev–Trinajstić information content (AvgIpc) is 2.46. The summed E-state index contributed by atoms with van der Waals surface area (Å²) in [5.74, 6) is 0.374. The second-order valence-corrected chi connectivity index (χ2v) is 4.99. The van der Waals surface area contributed by atoms with Crippen LogP contribution in [-0.4, -0.2) is 12.6 Å². The van der Waals surface area contributed by atoms with E-state index in [2.05, 4.69) is 0 Å². The maximum absolute atomic E-state index is 11.5. The molecule has 0 fully saturated rings. The van der Waals surface area contributed by atoms with E-state index in [4.69, 9.17) is 21.1 Å². The van der Waals surface area contributed by atoms with E-state index in [9.17, 15) is 4.79 Å². The summed E-state index contributed by atoms with van der Waals surface area (Å²) in [5, 5.41) is 0.542. The third-order valence-corrected chi connectivity index (χ3v) is 3.05. The zero-order valence-corrected chi connectivity index (χ0v) is 12.6. The van der Waals surface area contributed by atoms with Crippen molar-refractivity contribution >= 4 is 17.6 Å². The van der Waals surface area contributed by atoms with Crippen molar-refractivity contribution < 1.29 is 14.3 Å². The van der Waals surface area contributed by atoms with E-state index < -0.39 is 0 Å². The highest BCUT2D eigenvalue weighted by Crippen LogP contribution is 2.22. The molecule has 0 amide bonds. The number of rotatable bonds is 6. The number of esters is 1. The molecule has 0 bridgehead atoms. The van der Waals surface area contributed by atoms with Crippen LogP contribution in [0.5, 0.6) is 5.75 Å². The Morgan fingerprint density at radius 1 is 1.10 bits per heavy atom. The minimum absolute atomic E-state index is 0.191. The predicted octanol–water partition coefficient (Wildman–Crippen LogP) is 4.02. The van der Waals surface area contributed by atoms with Gasteiger partial charge in [-0.3, -0.25) is 4.79 Å². The molecule has 2 aromatic rings. The Morgan fingerprint density at radius 2 is 1.86 bits per heavy atom. The highest BCUT2D eigenvalue weighted by molar-refractivity contribution is 6.30. The van der Waals surface area contributed by atoms with Crippen LogP contribution in [-0.2, 0) is 22.6 Å². The number of hydrogen-bond donors (Lipinski definition) is 0. The van der Waals surface area contributed by atoms with Crippen molar-refractivity contribution in [1.29, 1.82) is 0 Å². The van der Waals surface area contributed by atoms with Gasteiger partial charge in [0.05, 0.1) is 13.0 Å². The van der Waals surface area contributed by atoms with Crippen molar-refractivity contribution in [2.75, 3.05) is 6.61 Å². The number of carbonyl (C=O) groups excluding carboxylic acids is 1. The van der Waals surface area contributed by atoms with E-state index in [-0.39, 0.29) is 12.4 Å². The fourth-order valence-electron chi connectivity index (χ4n) is 1.93. The van der Waals surface area contributed by atoms with Gasteiger partial charge in [0.2, 0.25) is 0 Å². The Bertz CT molecular complexity index is 596. The minimum Gasteiger partial charge on any atom is -0.489 e. The highest BCUT2D eigenvalue weighted by Gasteiger charge is 2.07. The zero-order chi connectivity index (χ0) is 15.1. The van der Waals surface area contributed by atoms with Crippen LogP contribution in [0.3, 0.4) is 0 Å². The van der Waals surface area contributed by atoms with Gasteiger partial charge in [-0.1, -0.05) is 41.9 Å². The van der Waals surface area contributed by atoms with Gasteiger partial charge in [-0.25, -0.2) is 0 Å². The number of ether oxygens (including phenoxy) is 2. The summed E-state index contributed by atoms with van der Waals surface area (Å²) in [7, 11) is 0. The van der Waals surface area contributed by atoms with E-state index in [1.54, 1.807) is 19.1 Å². The maximum Gasteiger partial charge on any atom is 0.310 e. The molecule has 2 aromatic carbocycles. The van der Waals surface area contributed by atoms with Gasteiger partial charge in [-0.05, 0) is 36.2 Å². The Kier molecular flexibility index (Phi) is 5.64. The van der Waals surface area contributed by atoms with Crippen LogP contribution >= 0.6 is 11.6 Å². The lowest BCUT2D eigenvalue weighted by Crippen LogP contribution is -2.07. The molecule has 21 heavy (non-hydrogen) atoms. The summed E-state index contributed by atoms with van der Waals surface area (Å²) in [6.45, 7) is 2.61. The SMILES string of the molecule is CCOC(=O)Cc1cc(Cl)cc(OCc2ccccc2)c1. The first-order chi connectivity index (χ1) is 10.2. The molecule has 0 spiro atoms. The first kappa shape index (κ1) is 15.4. The normalized spacial score (nSPS) is 10.2. The van der Waals surface area contributed by atoms with Crippen molar-refractivity contribution in [2.45, 2.75) is 20.0 Å². The first-order valence-electron chi connectivity index (χ1n) is 6.79. The van der Waals surface area contributed by atoms with Gasteiger partial charge in [0.1, 0.15) is 12.4 Å². The van der Waals surface area contributed by atoms with Gasteiger partial charge in [0.15, 0.2) is 0 Å². The standard InChI is InChI=1S/C17H17ClO3/c1-2-20-17(19)10-14-8-15(18)11-16(9-14)21-12-13-6-4-3-5-7-13/h3-9,11H,2,10,12H2,1H3. The van der Waals surface area contributed by atoms with E-state index in [1.165, 1.54) is 0 Å². The molecule has 0 heterocycles. The summed E-state index contributed by atoms with van der Waals surface area (Å²) in [5.41, 5.74) is 1.86. The van der Waals surface area contributed by atoms with Gasteiger partial charge in [-0.15, -0.1) is 0 Å². The van der Waals surface area contributed by atoms with Gasteiger partial charge in [-0.2, -0.15) is 0 Å². The monoisotopic (exact) mass is 304 g/mol. The molecular weight excluding hydrogens is 288 g/mol. The van der Waals surface area contributed by atoms with Crippen LogP contribution < -0.4 is 4.74 Å². The lowest BCUT2D eigenvalue weighted by Gasteiger charge is -2.09. The molecule has 0 radical (unpaired) electrons. The molecular formula is C17H17ClO3. The molecule has 0 aliphatic carbocycles. The topological polar surface area (TPSA) is 35.5 Å². The first-order valence-corrected chi connectivity index (χ1v) is 7.17. The molecule has 0 N–H and O–H groups in total. The molecule has 110 valence electrons. The van der Waals surface area contributed by atoms with Crippen molar-refractivity contribution in [3.05, 3.63) is 64.7 Å². The van der Waals surface area contributed by atoms with Crippen molar-refractivity contribution in [3.63, 3.8) is 0 Å². The predicted molar refractivity (Wildman–Crippen MR) is 82.6 cm³/mol. The molecule has 0 aromatic heterocycles. The smallest absolute Gasteiger partial charge is 0.310 e. The van der Waals surface area contributed by atoms with Crippen LogP contribution in [0.4, 0.5) is 0 Å². The number of halogens is 1. The average molecular weight is 305 g/mol. The molecule has 0 unspecified atom stereocenters. The summed E-state index contributed by atoms with van der Waals surface area (Å²) >= 11 is 6.06. The largest absolute Gasteiger partial charge is 0.489 e. The number of carbonyl (C=O) groups is 1. The Labute approximate surface area is 129 Å². The quantitative estimate of drug-likeness (QED) is 0.756. The van der Waals surface area contributed by atoms with E-state index in [0.717, 1.165) is 11.1 Å². The molecule has 0 aliphatic rings. The summed E-state index contributed by atoms with van der Waals surface area (Å²) in [6, 6.07) is 15.2. The van der Waals surface area contributed by atoms with E-state index in [0.29, 0.717) is 24.0 Å². The van der Waals surface area contributed by atoms with E-state index in [1.807, 2.05) is 36.4 Å². The minimum atomic E-state index is -0.270. The molecule has 0 saturated heterocycles. The van der Waals surface area contributed by atoms with Crippen LogP contribution in [0.1, 0.15) is 18.1 Å². The van der Waals surface area contributed by atoms with Crippen LogP contribution in [0.25, 0.3) is 0 Å². The zero-order valence-electron chi connectivity index (χ0n) is 11.8. The Hall–Kier alpha value is -2.00. The van der Waals surface area contributed by atoms with Gasteiger partial charge < -0.3 is 9.47 Å². The molecule has 0 aliphatic heterocycles. The molecule has 2 rings (SSSR count). The lowest BCUT2D eigenvalue weighted by atomic mass is 10.1. The summed E-state index contributed by atoms with van der Waals surface area (Å²) in [6.07, 6.45) is 0.191. The van der Waals surface area contributed by atoms with Gasteiger partial charge >= 0.3 is 5.97 Å². The third-order valence-electron chi connectivity index (χ3n) is 2.83. The molecule has 4 heteroatoms. The Morgan fingerprint density at radius 3 is 2.57 bits per heavy atom. The molecule has 0 saturated carbocycles. The fraction of sp³-hybridized carbons (Fsp3) is 0.235. The van der Waals surface area contributed by atoms with Gasteiger partial charge in [0, 0.05) is 5.02 Å². The summed E-state index contributed by atoms with van der Waals surface area (Å²) < 4.78 is 10.7. The Balaban J connectivity index is 2.03. The van der Waals surface area contributed by atoms with Gasteiger partial charge in [0.25, 0.3) is 0 Å². The fourth-order valence-corrected chi connectivity index (χ4v) is 2.17. The van der Waals surface area contributed by atoms with Crippen molar-refractivity contribution in [2.24, 2.45) is 0 Å². The molecule has 3 nitrogen and oxygen atoms in total. The number of hydrogen-bond acceptors (Lipinski definition) is 3. The van der Waals surface area contributed by atoms with Crippen LogP contribution in [0, 0.1) is 0 Å². The van der Waals surface area contributed by atoms with Crippen LogP contribution in [0.15, 0.2) is 48.5 Å². The highest BCUT2D eigenvalue weighted by atomic mass is 35.5. The van der Waals surface area contributed by atoms with Crippen molar-refractivity contribution in [1.82, 2.24) is 0 Å². The second-order valence-electron chi connectivity index (χ2n) is 4.55. The van der Waals surface area contributed by atoms with Crippen LogP contribution in [0.2, 0.25) is 5.02 Å².